The van der Waals surface area contributed by atoms with Crippen molar-refractivity contribution < 1.29 is 9.90 Å². The number of rotatable bonds is 4. The number of aromatic nitrogens is 1. The Morgan fingerprint density at radius 1 is 1.33 bits per heavy atom. The van der Waals surface area contributed by atoms with Crippen LogP contribution in [0.25, 0.3) is 0 Å². The normalized spacial score (nSPS) is 10.6. The maximum absolute atomic E-state index is 10.7. The van der Waals surface area contributed by atoms with Crippen molar-refractivity contribution in [2.45, 2.75) is 26.7 Å². The third-order valence-electron chi connectivity index (χ3n) is 2.85. The Bertz CT molecular complexity index is 575. The van der Waals surface area contributed by atoms with Crippen molar-refractivity contribution in [3.63, 3.8) is 0 Å². The molecule has 0 aliphatic heterocycles. The van der Waals surface area contributed by atoms with E-state index in [0.29, 0.717) is 0 Å². The predicted molar refractivity (Wildman–Crippen MR) is 72.2 cm³/mol. The molecule has 0 atom stereocenters. The van der Waals surface area contributed by atoms with E-state index in [2.05, 4.69) is 24.0 Å². The lowest BCUT2D eigenvalue weighted by molar-refractivity contribution is -0.136. The highest BCUT2D eigenvalue weighted by Crippen LogP contribution is 2.22. The van der Waals surface area contributed by atoms with E-state index >= 15 is 0 Å². The van der Waals surface area contributed by atoms with Crippen LogP contribution in [0.3, 0.4) is 0 Å². The number of hydrogen-bond acceptors (Lipinski definition) is 3. The standard InChI is InChI=1S/C14H15NO2S/c1-9-5-3-4-6-11(9)7-13-15-10(2)12(18-13)8-14(16)17/h3-6H,7-8H2,1-2H3,(H,16,17). The third-order valence-corrected chi connectivity index (χ3v) is 4.01. The molecule has 0 aliphatic rings. The smallest absolute Gasteiger partial charge is 0.308 e. The average molecular weight is 261 g/mol. The van der Waals surface area contributed by atoms with Gasteiger partial charge in [-0.2, -0.15) is 0 Å². The average Bonchev–Trinajstić information content (AvgIpc) is 2.62. The van der Waals surface area contributed by atoms with Gasteiger partial charge >= 0.3 is 5.97 Å². The Morgan fingerprint density at radius 3 is 2.72 bits per heavy atom. The van der Waals surface area contributed by atoms with Crippen LogP contribution in [0, 0.1) is 13.8 Å². The van der Waals surface area contributed by atoms with E-state index in [4.69, 9.17) is 5.11 Å². The molecule has 1 aromatic heterocycles. The Labute approximate surface area is 110 Å². The molecule has 1 aromatic carbocycles. The first-order chi connectivity index (χ1) is 8.56. The summed E-state index contributed by atoms with van der Waals surface area (Å²) in [5, 5.41) is 9.80. The number of hydrogen-bond donors (Lipinski definition) is 1. The second-order valence-electron chi connectivity index (χ2n) is 4.29. The Kier molecular flexibility index (Phi) is 3.77. The van der Waals surface area contributed by atoms with Gasteiger partial charge in [0, 0.05) is 11.3 Å². The summed E-state index contributed by atoms with van der Waals surface area (Å²) in [5.74, 6) is -0.802. The number of carboxylic acid groups (broad SMARTS) is 1. The molecule has 3 nitrogen and oxygen atoms in total. The topological polar surface area (TPSA) is 50.2 Å². The van der Waals surface area contributed by atoms with Crippen LogP contribution < -0.4 is 0 Å². The highest BCUT2D eigenvalue weighted by atomic mass is 32.1. The molecular weight excluding hydrogens is 246 g/mol. The second-order valence-corrected chi connectivity index (χ2v) is 5.46. The molecule has 1 heterocycles. The van der Waals surface area contributed by atoms with Crippen molar-refractivity contribution in [3.8, 4) is 0 Å². The van der Waals surface area contributed by atoms with E-state index in [0.717, 1.165) is 22.0 Å². The summed E-state index contributed by atoms with van der Waals surface area (Å²) in [6, 6.07) is 8.19. The van der Waals surface area contributed by atoms with Crippen LogP contribution in [-0.4, -0.2) is 16.1 Å². The number of aliphatic carboxylic acids is 1. The van der Waals surface area contributed by atoms with Crippen LogP contribution in [0.5, 0.6) is 0 Å². The van der Waals surface area contributed by atoms with E-state index in [1.54, 1.807) is 0 Å². The van der Waals surface area contributed by atoms with Gasteiger partial charge in [0.2, 0.25) is 0 Å². The molecule has 0 spiro atoms. The zero-order valence-electron chi connectivity index (χ0n) is 10.4. The zero-order chi connectivity index (χ0) is 13.1. The molecule has 0 bridgehead atoms. The summed E-state index contributed by atoms with van der Waals surface area (Å²) in [6.07, 6.45) is 0.842. The summed E-state index contributed by atoms with van der Waals surface area (Å²) >= 11 is 1.50. The van der Waals surface area contributed by atoms with Crippen molar-refractivity contribution >= 4 is 17.3 Å². The lowest BCUT2D eigenvalue weighted by Crippen LogP contribution is -1.99. The van der Waals surface area contributed by atoms with Crippen molar-refractivity contribution in [2.75, 3.05) is 0 Å². The fraction of sp³-hybridized carbons (Fsp3) is 0.286. The first kappa shape index (κ1) is 12.8. The van der Waals surface area contributed by atoms with E-state index in [-0.39, 0.29) is 6.42 Å². The fourth-order valence-corrected chi connectivity index (χ4v) is 2.92. The van der Waals surface area contributed by atoms with Crippen LogP contribution in [0.15, 0.2) is 24.3 Å². The molecule has 94 valence electrons. The molecule has 0 aliphatic carbocycles. The molecule has 0 saturated carbocycles. The van der Waals surface area contributed by atoms with Gasteiger partial charge < -0.3 is 5.11 Å². The first-order valence-corrected chi connectivity index (χ1v) is 6.59. The van der Waals surface area contributed by atoms with E-state index < -0.39 is 5.97 Å². The third kappa shape index (κ3) is 2.96. The Balaban J connectivity index is 2.20. The van der Waals surface area contributed by atoms with E-state index in [9.17, 15) is 4.79 Å². The van der Waals surface area contributed by atoms with Crippen LogP contribution in [-0.2, 0) is 17.6 Å². The molecule has 2 rings (SSSR count). The molecule has 1 N–H and O–H groups in total. The van der Waals surface area contributed by atoms with Gasteiger partial charge in [-0.15, -0.1) is 11.3 Å². The van der Waals surface area contributed by atoms with E-state index in [1.807, 2.05) is 19.1 Å². The lowest BCUT2D eigenvalue weighted by atomic mass is 10.1. The summed E-state index contributed by atoms with van der Waals surface area (Å²) in [5.41, 5.74) is 3.32. The highest BCUT2D eigenvalue weighted by molar-refractivity contribution is 7.11. The number of carboxylic acids is 1. The Hall–Kier alpha value is -1.68. The van der Waals surface area contributed by atoms with Crippen molar-refractivity contribution in [1.29, 1.82) is 0 Å². The first-order valence-electron chi connectivity index (χ1n) is 5.77. The number of carbonyl (C=O) groups is 1. The molecule has 0 fully saturated rings. The molecule has 0 saturated heterocycles. The minimum Gasteiger partial charge on any atom is -0.481 e. The van der Waals surface area contributed by atoms with Gasteiger partial charge in [0.1, 0.15) is 0 Å². The minimum absolute atomic E-state index is 0.0667. The molecule has 0 radical (unpaired) electrons. The van der Waals surface area contributed by atoms with Gasteiger partial charge in [0.05, 0.1) is 17.1 Å². The lowest BCUT2D eigenvalue weighted by Gasteiger charge is -2.01. The van der Waals surface area contributed by atoms with E-state index in [1.165, 1.54) is 22.5 Å². The van der Waals surface area contributed by atoms with Gasteiger partial charge in [0.25, 0.3) is 0 Å². The maximum atomic E-state index is 10.7. The largest absolute Gasteiger partial charge is 0.481 e. The number of aryl methyl sites for hydroxylation is 2. The maximum Gasteiger partial charge on any atom is 0.308 e. The molecule has 0 amide bonds. The highest BCUT2D eigenvalue weighted by Gasteiger charge is 2.11. The second kappa shape index (κ2) is 5.31. The van der Waals surface area contributed by atoms with Gasteiger partial charge in [-0.25, -0.2) is 4.98 Å². The summed E-state index contributed by atoms with van der Waals surface area (Å²) < 4.78 is 0. The molecular formula is C14H15NO2S. The quantitative estimate of drug-likeness (QED) is 0.920. The van der Waals surface area contributed by atoms with Crippen LogP contribution >= 0.6 is 11.3 Å². The number of nitrogens with zero attached hydrogens (tertiary/aromatic N) is 1. The van der Waals surface area contributed by atoms with Crippen LogP contribution in [0.2, 0.25) is 0 Å². The number of benzene rings is 1. The van der Waals surface area contributed by atoms with Crippen LogP contribution in [0.1, 0.15) is 26.7 Å². The van der Waals surface area contributed by atoms with Crippen molar-refractivity contribution in [3.05, 3.63) is 51.0 Å². The Morgan fingerprint density at radius 2 is 2.06 bits per heavy atom. The molecule has 2 aromatic rings. The molecule has 0 unspecified atom stereocenters. The summed E-state index contributed by atoms with van der Waals surface area (Å²) in [4.78, 5) is 16.0. The predicted octanol–water partition coefficient (Wildman–Crippen LogP) is 2.98. The number of thiazole rings is 1. The minimum atomic E-state index is -0.802. The van der Waals surface area contributed by atoms with Gasteiger partial charge in [-0.3, -0.25) is 4.79 Å². The zero-order valence-corrected chi connectivity index (χ0v) is 11.3. The monoisotopic (exact) mass is 261 g/mol. The molecule has 4 heteroatoms. The fourth-order valence-electron chi connectivity index (χ4n) is 1.84. The molecule has 18 heavy (non-hydrogen) atoms. The SMILES string of the molecule is Cc1ccccc1Cc1nc(C)c(CC(=O)O)s1. The summed E-state index contributed by atoms with van der Waals surface area (Å²) in [7, 11) is 0. The van der Waals surface area contributed by atoms with Gasteiger partial charge in [-0.05, 0) is 25.0 Å². The van der Waals surface area contributed by atoms with Crippen molar-refractivity contribution in [1.82, 2.24) is 4.98 Å². The van der Waals surface area contributed by atoms with Crippen LogP contribution in [0.4, 0.5) is 0 Å². The van der Waals surface area contributed by atoms with Crippen molar-refractivity contribution in [2.24, 2.45) is 0 Å². The van der Waals surface area contributed by atoms with Gasteiger partial charge in [0.15, 0.2) is 0 Å². The van der Waals surface area contributed by atoms with Gasteiger partial charge in [-0.1, -0.05) is 24.3 Å². The summed E-state index contributed by atoms with van der Waals surface area (Å²) in [6.45, 7) is 3.95.